The third kappa shape index (κ3) is 2.76. The van der Waals surface area contributed by atoms with Crippen LogP contribution in [-0.2, 0) is 19.4 Å². The molecule has 2 heterocycles. The molecular formula is C23H23NO5S. The van der Waals surface area contributed by atoms with Gasteiger partial charge in [-0.25, -0.2) is 8.42 Å². The lowest BCUT2D eigenvalue weighted by Crippen LogP contribution is -2.57. The van der Waals surface area contributed by atoms with Gasteiger partial charge in [-0.3, -0.25) is 14.5 Å². The Hall–Kier alpha value is -2.51. The van der Waals surface area contributed by atoms with Crippen LogP contribution in [0.5, 0.6) is 0 Å². The van der Waals surface area contributed by atoms with E-state index in [1.165, 1.54) is 0 Å². The molecule has 156 valence electrons. The standard InChI is InChI=1S/C23H23NO5S/c25-19-12-6-11-18-17(19)13-20(30(28,29)14-7-2-1-3-8-14)21-15-9-4-5-10-16(15)22(23(26)27)24(18)21/h1-5,7-10,17-18,20-22H,6,11-13H2,(H,26,27). The maximum atomic E-state index is 13.7. The van der Waals surface area contributed by atoms with Crippen molar-refractivity contribution in [3.05, 3.63) is 65.7 Å². The molecule has 7 heteroatoms. The summed E-state index contributed by atoms with van der Waals surface area (Å²) in [7, 11) is -3.77. The topological polar surface area (TPSA) is 91.8 Å². The second-order valence-electron chi connectivity index (χ2n) is 8.43. The number of piperidine rings is 1. The monoisotopic (exact) mass is 425 g/mol. The molecule has 2 aromatic carbocycles. The molecular weight excluding hydrogens is 402 g/mol. The Kier molecular flexibility index (Phi) is 4.56. The van der Waals surface area contributed by atoms with Crippen molar-refractivity contribution in [2.24, 2.45) is 5.92 Å². The average molecular weight is 426 g/mol. The largest absolute Gasteiger partial charge is 0.480 e. The SMILES string of the molecule is O=C1CCCC2C1CC(S(=O)(=O)c1ccccc1)C1c3ccccc3C(C(=O)O)N21. The summed E-state index contributed by atoms with van der Waals surface area (Å²) in [6.45, 7) is 0. The number of ketones is 1. The Morgan fingerprint density at radius 1 is 1.00 bits per heavy atom. The van der Waals surface area contributed by atoms with Crippen molar-refractivity contribution in [1.82, 2.24) is 4.90 Å². The lowest BCUT2D eigenvalue weighted by atomic mass is 9.75. The van der Waals surface area contributed by atoms with Crippen LogP contribution in [-0.4, -0.2) is 41.5 Å². The number of Topliss-reactive ketones (excluding diaryl/α,β-unsaturated/α-hetero) is 1. The Labute approximate surface area is 175 Å². The van der Waals surface area contributed by atoms with E-state index in [0.717, 1.165) is 5.56 Å². The summed E-state index contributed by atoms with van der Waals surface area (Å²) in [5, 5.41) is 9.22. The Morgan fingerprint density at radius 2 is 1.67 bits per heavy atom. The maximum absolute atomic E-state index is 13.7. The van der Waals surface area contributed by atoms with E-state index in [9.17, 15) is 23.1 Å². The Bertz CT molecular complexity index is 1110. The highest BCUT2D eigenvalue weighted by Crippen LogP contribution is 2.55. The number of sulfone groups is 1. The first-order valence-electron chi connectivity index (χ1n) is 10.3. The number of hydrogen-bond acceptors (Lipinski definition) is 5. The molecule has 5 rings (SSSR count). The van der Waals surface area contributed by atoms with Gasteiger partial charge in [0.25, 0.3) is 0 Å². The van der Waals surface area contributed by atoms with Crippen LogP contribution in [0.4, 0.5) is 0 Å². The van der Waals surface area contributed by atoms with Gasteiger partial charge in [-0.15, -0.1) is 0 Å². The normalized spacial score (nSPS) is 30.9. The summed E-state index contributed by atoms with van der Waals surface area (Å²) in [6, 6.07) is 13.8. The molecule has 1 saturated carbocycles. The highest BCUT2D eigenvalue weighted by atomic mass is 32.2. The second-order valence-corrected chi connectivity index (χ2v) is 10.6. The van der Waals surface area contributed by atoms with Gasteiger partial charge in [-0.1, -0.05) is 42.5 Å². The predicted octanol–water partition coefficient (Wildman–Crippen LogP) is 3.15. The van der Waals surface area contributed by atoms with Crippen molar-refractivity contribution in [3.63, 3.8) is 0 Å². The number of hydrogen-bond donors (Lipinski definition) is 1. The molecule has 1 N–H and O–H groups in total. The number of rotatable bonds is 3. The molecule has 0 radical (unpaired) electrons. The highest BCUT2D eigenvalue weighted by molar-refractivity contribution is 7.92. The summed E-state index contributed by atoms with van der Waals surface area (Å²) in [5.41, 5.74) is 1.40. The van der Waals surface area contributed by atoms with Crippen LogP contribution in [0.25, 0.3) is 0 Å². The van der Waals surface area contributed by atoms with Gasteiger partial charge in [-0.05, 0) is 42.5 Å². The van der Waals surface area contributed by atoms with Gasteiger partial charge in [0.1, 0.15) is 11.8 Å². The summed E-state index contributed by atoms with van der Waals surface area (Å²) in [4.78, 5) is 27.2. The highest BCUT2D eigenvalue weighted by Gasteiger charge is 2.58. The number of aliphatic carboxylic acids is 1. The van der Waals surface area contributed by atoms with Gasteiger partial charge in [0.2, 0.25) is 0 Å². The van der Waals surface area contributed by atoms with Gasteiger partial charge >= 0.3 is 5.97 Å². The molecule has 2 aliphatic heterocycles. The fourth-order valence-corrected chi connectivity index (χ4v) is 7.73. The van der Waals surface area contributed by atoms with Crippen molar-refractivity contribution >= 4 is 21.6 Å². The van der Waals surface area contributed by atoms with E-state index in [0.29, 0.717) is 24.8 Å². The van der Waals surface area contributed by atoms with Crippen LogP contribution in [0, 0.1) is 5.92 Å². The van der Waals surface area contributed by atoms with E-state index in [1.54, 1.807) is 42.5 Å². The van der Waals surface area contributed by atoms with Crippen LogP contribution in [0.1, 0.15) is 48.9 Å². The molecule has 0 bridgehead atoms. The Balaban J connectivity index is 1.71. The minimum absolute atomic E-state index is 0.0538. The number of nitrogens with zero attached hydrogens (tertiary/aromatic N) is 1. The van der Waals surface area contributed by atoms with E-state index < -0.39 is 39.1 Å². The molecule has 0 aromatic heterocycles. The Morgan fingerprint density at radius 3 is 2.37 bits per heavy atom. The molecule has 3 aliphatic rings. The van der Waals surface area contributed by atoms with Crippen molar-refractivity contribution in [3.8, 4) is 0 Å². The number of carbonyl (C=O) groups is 2. The van der Waals surface area contributed by atoms with Gasteiger partial charge < -0.3 is 5.11 Å². The lowest BCUT2D eigenvalue weighted by molar-refractivity contribution is -0.150. The number of fused-ring (bicyclic) bond motifs is 5. The van der Waals surface area contributed by atoms with Crippen LogP contribution in [0.15, 0.2) is 59.5 Å². The minimum Gasteiger partial charge on any atom is -0.480 e. The summed E-state index contributed by atoms with van der Waals surface area (Å²) in [6.07, 6.45) is 2.09. The fourth-order valence-electron chi connectivity index (χ4n) is 5.75. The first kappa shape index (κ1) is 19.5. The van der Waals surface area contributed by atoms with E-state index in [-0.39, 0.29) is 23.1 Å². The lowest BCUT2D eigenvalue weighted by Gasteiger charge is -2.49. The van der Waals surface area contributed by atoms with E-state index in [2.05, 4.69) is 0 Å². The molecule has 2 fully saturated rings. The van der Waals surface area contributed by atoms with Crippen molar-refractivity contribution in [2.45, 2.75) is 54.0 Å². The van der Waals surface area contributed by atoms with E-state index >= 15 is 0 Å². The fraction of sp³-hybridized carbons (Fsp3) is 0.391. The molecule has 5 unspecified atom stereocenters. The van der Waals surface area contributed by atoms with Gasteiger partial charge in [0.15, 0.2) is 9.84 Å². The molecule has 30 heavy (non-hydrogen) atoms. The summed E-state index contributed by atoms with van der Waals surface area (Å²) >= 11 is 0. The second kappa shape index (κ2) is 7.03. The number of carbonyl (C=O) groups excluding carboxylic acids is 1. The van der Waals surface area contributed by atoms with Crippen molar-refractivity contribution < 1.29 is 23.1 Å². The molecule has 1 aliphatic carbocycles. The smallest absolute Gasteiger partial charge is 0.325 e. The third-order valence-electron chi connectivity index (χ3n) is 6.96. The summed E-state index contributed by atoms with van der Waals surface area (Å²) in [5.74, 6) is -1.40. The van der Waals surface area contributed by atoms with Crippen molar-refractivity contribution in [1.29, 1.82) is 0 Å². The molecule has 0 spiro atoms. The third-order valence-corrected chi connectivity index (χ3v) is 9.13. The zero-order valence-corrected chi connectivity index (χ0v) is 17.2. The van der Waals surface area contributed by atoms with Crippen LogP contribution >= 0.6 is 0 Å². The average Bonchev–Trinajstić information content (AvgIpc) is 3.10. The van der Waals surface area contributed by atoms with Gasteiger partial charge in [-0.2, -0.15) is 0 Å². The molecule has 0 amide bonds. The zero-order valence-electron chi connectivity index (χ0n) is 16.3. The molecule has 6 nitrogen and oxygen atoms in total. The van der Waals surface area contributed by atoms with E-state index in [1.807, 2.05) is 17.0 Å². The first-order chi connectivity index (χ1) is 14.4. The van der Waals surface area contributed by atoms with Crippen LogP contribution in [0.3, 0.4) is 0 Å². The maximum Gasteiger partial charge on any atom is 0.325 e. The minimum atomic E-state index is -3.77. The molecule has 5 atom stereocenters. The first-order valence-corrected chi connectivity index (χ1v) is 11.9. The predicted molar refractivity (Wildman–Crippen MR) is 110 cm³/mol. The van der Waals surface area contributed by atoms with E-state index in [4.69, 9.17) is 0 Å². The summed E-state index contributed by atoms with van der Waals surface area (Å²) < 4.78 is 27.4. The number of carboxylic acids is 1. The number of carboxylic acid groups (broad SMARTS) is 1. The van der Waals surface area contributed by atoms with Gasteiger partial charge in [0.05, 0.1) is 16.2 Å². The van der Waals surface area contributed by atoms with Crippen LogP contribution in [0.2, 0.25) is 0 Å². The van der Waals surface area contributed by atoms with Crippen LogP contribution < -0.4 is 0 Å². The van der Waals surface area contributed by atoms with Crippen molar-refractivity contribution in [2.75, 3.05) is 0 Å². The quantitative estimate of drug-likeness (QED) is 0.812. The molecule has 2 aromatic rings. The zero-order chi connectivity index (χ0) is 21.0. The number of benzene rings is 2. The van der Waals surface area contributed by atoms with Gasteiger partial charge in [0, 0.05) is 18.4 Å². The molecule has 1 saturated heterocycles.